The Balaban J connectivity index is 2.10. The largest absolute Gasteiger partial charge is 0.507 e. The first-order valence-electron chi connectivity index (χ1n) is 6.38. The number of rotatable bonds is 3. The average Bonchev–Trinajstić information content (AvgIpc) is 2.75. The molecule has 2 rings (SSSR count). The van der Waals surface area contributed by atoms with Crippen molar-refractivity contribution in [1.82, 2.24) is 4.90 Å². The lowest BCUT2D eigenvalue weighted by Gasteiger charge is -2.28. The van der Waals surface area contributed by atoms with Gasteiger partial charge in [0, 0.05) is 19.7 Å². The van der Waals surface area contributed by atoms with Gasteiger partial charge in [0.25, 0.3) is 5.91 Å². The van der Waals surface area contributed by atoms with Crippen LogP contribution in [0.1, 0.15) is 36.0 Å². The van der Waals surface area contributed by atoms with E-state index in [-0.39, 0.29) is 17.9 Å². The second kappa shape index (κ2) is 5.17. The van der Waals surface area contributed by atoms with E-state index in [9.17, 15) is 19.4 Å². The highest BCUT2D eigenvalue weighted by Gasteiger charge is 2.33. The maximum absolute atomic E-state index is 12.9. The molecule has 1 aliphatic rings. The highest BCUT2D eigenvalue weighted by atomic mass is 19.1. The number of amides is 1. The molecule has 1 aliphatic carbocycles. The van der Waals surface area contributed by atoms with Crippen molar-refractivity contribution in [3.63, 3.8) is 0 Å². The van der Waals surface area contributed by atoms with E-state index in [2.05, 4.69) is 0 Å². The molecule has 0 saturated heterocycles. The topological polar surface area (TPSA) is 60.8 Å². The van der Waals surface area contributed by atoms with Crippen LogP contribution in [0.2, 0.25) is 0 Å². The van der Waals surface area contributed by atoms with Crippen LogP contribution in [0.15, 0.2) is 18.2 Å². The highest BCUT2D eigenvalue weighted by molar-refractivity contribution is 5.96. The van der Waals surface area contributed by atoms with Crippen molar-refractivity contribution in [3.05, 3.63) is 29.6 Å². The number of carbonyl (C=O) groups excluding carboxylic acids is 1. The lowest BCUT2D eigenvalue weighted by molar-refractivity contribution is 0.0155. The summed E-state index contributed by atoms with van der Waals surface area (Å²) in [5, 5.41) is 19.8. The zero-order valence-corrected chi connectivity index (χ0v) is 10.9. The van der Waals surface area contributed by atoms with Gasteiger partial charge in [-0.15, -0.1) is 0 Å². The number of phenolic OH excluding ortho intramolecular Hbond substituents is 1. The average molecular weight is 267 g/mol. The minimum Gasteiger partial charge on any atom is -0.507 e. The second-order valence-electron chi connectivity index (χ2n) is 5.25. The van der Waals surface area contributed by atoms with Gasteiger partial charge in [0.2, 0.25) is 0 Å². The maximum atomic E-state index is 12.9. The molecular weight excluding hydrogens is 249 g/mol. The number of nitrogens with zero attached hydrogens (tertiary/aromatic N) is 1. The predicted octanol–water partition coefficient (Wildman–Crippen LogP) is 1.91. The Kier molecular flexibility index (Phi) is 3.75. The molecule has 1 aromatic rings. The van der Waals surface area contributed by atoms with Gasteiger partial charge in [0.05, 0.1) is 11.2 Å². The first kappa shape index (κ1) is 13.8. The molecule has 0 radical (unpaired) electrons. The Labute approximate surface area is 111 Å². The second-order valence-corrected chi connectivity index (χ2v) is 5.25. The van der Waals surface area contributed by atoms with Gasteiger partial charge in [0.1, 0.15) is 11.6 Å². The third-order valence-corrected chi connectivity index (χ3v) is 3.60. The minimum absolute atomic E-state index is 0.0468. The number of phenols is 1. The predicted molar refractivity (Wildman–Crippen MR) is 68.4 cm³/mol. The van der Waals surface area contributed by atoms with Crippen molar-refractivity contribution in [2.45, 2.75) is 31.3 Å². The van der Waals surface area contributed by atoms with Gasteiger partial charge in [-0.2, -0.15) is 0 Å². The van der Waals surface area contributed by atoms with Gasteiger partial charge in [-0.3, -0.25) is 4.79 Å². The number of hydrogen-bond donors (Lipinski definition) is 2. The van der Waals surface area contributed by atoms with Crippen LogP contribution in [-0.4, -0.2) is 40.2 Å². The molecule has 0 aromatic heterocycles. The Morgan fingerprint density at radius 2 is 2.05 bits per heavy atom. The van der Waals surface area contributed by atoms with Gasteiger partial charge in [-0.1, -0.05) is 12.8 Å². The van der Waals surface area contributed by atoms with Crippen LogP contribution < -0.4 is 0 Å². The minimum atomic E-state index is -0.833. The molecule has 19 heavy (non-hydrogen) atoms. The normalized spacial score (nSPS) is 17.4. The summed E-state index contributed by atoms with van der Waals surface area (Å²) >= 11 is 0. The molecule has 1 fully saturated rings. The van der Waals surface area contributed by atoms with Gasteiger partial charge in [-0.05, 0) is 25.0 Å². The Morgan fingerprint density at radius 3 is 2.63 bits per heavy atom. The van der Waals surface area contributed by atoms with Crippen molar-refractivity contribution in [1.29, 1.82) is 0 Å². The van der Waals surface area contributed by atoms with Crippen molar-refractivity contribution in [3.8, 4) is 5.75 Å². The number of likely N-dealkylation sites (N-methyl/N-ethyl adjacent to an activating group) is 1. The van der Waals surface area contributed by atoms with Gasteiger partial charge in [0.15, 0.2) is 0 Å². The summed E-state index contributed by atoms with van der Waals surface area (Å²) in [6.45, 7) is 0.225. The molecule has 0 aliphatic heterocycles. The SMILES string of the molecule is CN(CC1(O)CCCC1)C(=O)c1ccc(F)cc1O. The zero-order valence-electron chi connectivity index (χ0n) is 10.9. The monoisotopic (exact) mass is 267 g/mol. The number of carbonyl (C=O) groups is 1. The molecule has 0 heterocycles. The molecule has 0 bridgehead atoms. The van der Waals surface area contributed by atoms with Crippen LogP contribution in [0.5, 0.6) is 5.75 Å². The van der Waals surface area contributed by atoms with E-state index >= 15 is 0 Å². The van der Waals surface area contributed by atoms with Crippen molar-refractivity contribution < 1.29 is 19.4 Å². The Bertz CT molecular complexity index is 484. The number of benzene rings is 1. The third kappa shape index (κ3) is 3.04. The van der Waals surface area contributed by atoms with Crippen molar-refractivity contribution >= 4 is 5.91 Å². The molecule has 5 heteroatoms. The number of hydrogen-bond acceptors (Lipinski definition) is 3. The summed E-state index contributed by atoms with van der Waals surface area (Å²) in [6.07, 6.45) is 3.28. The maximum Gasteiger partial charge on any atom is 0.257 e. The lowest BCUT2D eigenvalue weighted by atomic mass is 10.0. The third-order valence-electron chi connectivity index (χ3n) is 3.60. The summed E-state index contributed by atoms with van der Waals surface area (Å²) in [4.78, 5) is 13.5. The van der Waals surface area contributed by atoms with E-state index in [0.29, 0.717) is 12.8 Å². The molecule has 0 spiro atoms. The molecular formula is C14H18FNO3. The van der Waals surface area contributed by atoms with Gasteiger partial charge in [-0.25, -0.2) is 4.39 Å². The first-order chi connectivity index (χ1) is 8.91. The van der Waals surface area contributed by atoms with E-state index in [0.717, 1.165) is 25.0 Å². The van der Waals surface area contributed by atoms with E-state index in [1.807, 2.05) is 0 Å². The molecule has 0 atom stereocenters. The summed E-state index contributed by atoms with van der Waals surface area (Å²) in [5.74, 6) is -1.39. The molecule has 2 N–H and O–H groups in total. The van der Waals surface area contributed by atoms with Gasteiger partial charge < -0.3 is 15.1 Å². The molecule has 104 valence electrons. The quantitative estimate of drug-likeness (QED) is 0.879. The molecule has 0 unspecified atom stereocenters. The fourth-order valence-electron chi connectivity index (χ4n) is 2.60. The smallest absolute Gasteiger partial charge is 0.257 e. The van der Waals surface area contributed by atoms with E-state index < -0.39 is 17.3 Å². The summed E-state index contributed by atoms with van der Waals surface area (Å²) < 4.78 is 12.9. The van der Waals surface area contributed by atoms with Crippen molar-refractivity contribution in [2.75, 3.05) is 13.6 Å². The summed E-state index contributed by atoms with van der Waals surface area (Å²) in [5.41, 5.74) is -0.787. The van der Waals surface area contributed by atoms with E-state index in [4.69, 9.17) is 0 Å². The Hall–Kier alpha value is -1.62. The lowest BCUT2D eigenvalue weighted by Crippen LogP contribution is -2.42. The standard InChI is InChI=1S/C14H18FNO3/c1-16(9-14(19)6-2-3-7-14)13(18)11-5-4-10(15)8-12(11)17/h4-5,8,17,19H,2-3,6-7,9H2,1H3. The fourth-order valence-corrected chi connectivity index (χ4v) is 2.60. The Morgan fingerprint density at radius 1 is 1.42 bits per heavy atom. The molecule has 1 amide bonds. The number of aromatic hydroxyl groups is 1. The highest BCUT2D eigenvalue weighted by Crippen LogP contribution is 2.30. The van der Waals surface area contributed by atoms with Crippen molar-refractivity contribution in [2.24, 2.45) is 0 Å². The summed E-state index contributed by atoms with van der Waals surface area (Å²) in [6, 6.07) is 3.29. The number of aliphatic hydroxyl groups is 1. The molecule has 4 nitrogen and oxygen atoms in total. The summed E-state index contributed by atoms with van der Waals surface area (Å²) in [7, 11) is 1.57. The molecule has 1 aromatic carbocycles. The number of halogens is 1. The van der Waals surface area contributed by atoms with Gasteiger partial charge >= 0.3 is 0 Å². The van der Waals surface area contributed by atoms with Crippen LogP contribution in [0.4, 0.5) is 4.39 Å². The van der Waals surface area contributed by atoms with E-state index in [1.165, 1.54) is 11.0 Å². The van der Waals surface area contributed by atoms with Crippen LogP contribution in [0, 0.1) is 5.82 Å². The zero-order chi connectivity index (χ0) is 14.0. The van der Waals surface area contributed by atoms with Crippen LogP contribution in [0.3, 0.4) is 0 Å². The first-order valence-corrected chi connectivity index (χ1v) is 6.38. The van der Waals surface area contributed by atoms with Crippen LogP contribution in [0.25, 0.3) is 0 Å². The fraction of sp³-hybridized carbons (Fsp3) is 0.500. The van der Waals surface area contributed by atoms with Crippen LogP contribution in [-0.2, 0) is 0 Å². The molecule has 1 saturated carbocycles. The van der Waals surface area contributed by atoms with E-state index in [1.54, 1.807) is 7.05 Å². The van der Waals surface area contributed by atoms with Crippen LogP contribution >= 0.6 is 0 Å².